The monoisotopic (exact) mass is 475 g/mol. The van der Waals surface area contributed by atoms with Crippen LogP contribution in [-0.2, 0) is 0 Å². The highest BCUT2D eigenvalue weighted by atomic mass is 79.9. The van der Waals surface area contributed by atoms with Crippen molar-refractivity contribution in [3.8, 4) is 5.75 Å². The van der Waals surface area contributed by atoms with Gasteiger partial charge in [0.15, 0.2) is 5.13 Å². The Morgan fingerprint density at radius 1 is 1.10 bits per heavy atom. The molecule has 1 aromatic heterocycles. The van der Waals surface area contributed by atoms with E-state index in [1.165, 1.54) is 11.3 Å². The summed E-state index contributed by atoms with van der Waals surface area (Å²) in [6, 6.07) is 13.4. The molecule has 0 aliphatic rings. The number of anilines is 1. The fraction of sp³-hybridized carbons (Fsp3) is 0.364. The van der Waals surface area contributed by atoms with Gasteiger partial charge in [0.05, 0.1) is 16.8 Å². The van der Waals surface area contributed by atoms with Gasteiger partial charge < -0.3 is 9.64 Å². The topological polar surface area (TPSA) is 45.7 Å². The first-order valence-corrected chi connectivity index (χ1v) is 11.5. The number of nitrogens with zero attached hydrogens (tertiary/aromatic N) is 3. The third kappa shape index (κ3) is 5.35. The fourth-order valence-corrected chi connectivity index (χ4v) is 4.52. The highest BCUT2D eigenvalue weighted by Crippen LogP contribution is 2.32. The summed E-state index contributed by atoms with van der Waals surface area (Å²) >= 11 is 4.99. The molecule has 0 N–H and O–H groups in total. The van der Waals surface area contributed by atoms with Gasteiger partial charge in [-0.1, -0.05) is 47.2 Å². The zero-order valence-electron chi connectivity index (χ0n) is 17.0. The van der Waals surface area contributed by atoms with E-state index in [4.69, 9.17) is 9.72 Å². The van der Waals surface area contributed by atoms with Crippen LogP contribution in [0, 0.1) is 0 Å². The van der Waals surface area contributed by atoms with Crippen LogP contribution in [0.5, 0.6) is 5.75 Å². The van der Waals surface area contributed by atoms with Gasteiger partial charge in [-0.25, -0.2) is 4.98 Å². The molecule has 7 heteroatoms. The summed E-state index contributed by atoms with van der Waals surface area (Å²) in [7, 11) is 0. The fourth-order valence-electron chi connectivity index (χ4n) is 3.11. The molecule has 29 heavy (non-hydrogen) atoms. The summed E-state index contributed by atoms with van der Waals surface area (Å²) in [5.41, 5.74) is 1.52. The van der Waals surface area contributed by atoms with Gasteiger partial charge in [0, 0.05) is 23.1 Å². The average Bonchev–Trinajstić information content (AvgIpc) is 3.14. The number of likely N-dealkylation sites (N-methyl/N-ethyl adjacent to an activating group) is 1. The SMILES string of the molecule is CCOc1ccc2nc(N(CCN(CC)CC)C(=O)c3cccc(Br)c3)sc2c1. The average molecular weight is 476 g/mol. The lowest BCUT2D eigenvalue weighted by Gasteiger charge is -2.24. The molecule has 0 bridgehead atoms. The van der Waals surface area contributed by atoms with Crippen molar-refractivity contribution in [1.82, 2.24) is 9.88 Å². The van der Waals surface area contributed by atoms with Gasteiger partial charge in [-0.2, -0.15) is 0 Å². The van der Waals surface area contributed by atoms with Gasteiger partial charge in [-0.05, 0) is 56.4 Å². The minimum absolute atomic E-state index is 0.0393. The molecule has 154 valence electrons. The number of amides is 1. The van der Waals surface area contributed by atoms with Crippen molar-refractivity contribution < 1.29 is 9.53 Å². The molecule has 3 rings (SSSR count). The second-order valence-corrected chi connectivity index (χ2v) is 8.48. The van der Waals surface area contributed by atoms with E-state index in [2.05, 4.69) is 34.7 Å². The molecule has 0 aliphatic heterocycles. The maximum Gasteiger partial charge on any atom is 0.260 e. The van der Waals surface area contributed by atoms with E-state index < -0.39 is 0 Å². The Kier molecular flexibility index (Phi) is 7.64. The van der Waals surface area contributed by atoms with Gasteiger partial charge in [0.1, 0.15) is 5.75 Å². The van der Waals surface area contributed by atoms with Crippen LogP contribution in [0.3, 0.4) is 0 Å². The standard InChI is InChI=1S/C22H26BrN3O2S/c1-4-25(5-2)12-13-26(21(27)16-8-7-9-17(23)14-16)22-24-19-11-10-18(28-6-3)15-20(19)29-22/h7-11,14-15H,4-6,12-13H2,1-3H3. The van der Waals surface area contributed by atoms with E-state index in [0.29, 0.717) is 23.8 Å². The lowest BCUT2D eigenvalue weighted by molar-refractivity contribution is 0.0983. The van der Waals surface area contributed by atoms with Gasteiger partial charge in [-0.15, -0.1) is 0 Å². The first kappa shape index (κ1) is 21.7. The van der Waals surface area contributed by atoms with E-state index >= 15 is 0 Å². The minimum atomic E-state index is -0.0393. The predicted octanol–water partition coefficient (Wildman–Crippen LogP) is 5.45. The molecule has 0 saturated carbocycles. The van der Waals surface area contributed by atoms with Crippen LogP contribution >= 0.6 is 27.3 Å². The Hall–Kier alpha value is -1.96. The number of ether oxygens (including phenoxy) is 1. The van der Waals surface area contributed by atoms with Crippen LogP contribution < -0.4 is 9.64 Å². The molecular weight excluding hydrogens is 450 g/mol. The molecule has 2 aromatic carbocycles. The summed E-state index contributed by atoms with van der Waals surface area (Å²) < 4.78 is 7.51. The number of hydrogen-bond donors (Lipinski definition) is 0. The predicted molar refractivity (Wildman–Crippen MR) is 124 cm³/mol. The van der Waals surface area contributed by atoms with Gasteiger partial charge >= 0.3 is 0 Å². The Balaban J connectivity index is 1.95. The zero-order valence-corrected chi connectivity index (χ0v) is 19.4. The van der Waals surface area contributed by atoms with Crippen molar-refractivity contribution in [2.75, 3.05) is 37.7 Å². The number of carbonyl (C=O) groups is 1. The molecule has 5 nitrogen and oxygen atoms in total. The Labute approximate surface area is 184 Å². The van der Waals surface area contributed by atoms with Crippen molar-refractivity contribution in [2.24, 2.45) is 0 Å². The summed E-state index contributed by atoms with van der Waals surface area (Å²) in [4.78, 5) is 22.2. The van der Waals surface area contributed by atoms with E-state index in [9.17, 15) is 4.79 Å². The van der Waals surface area contributed by atoms with Crippen molar-refractivity contribution in [1.29, 1.82) is 0 Å². The number of fused-ring (bicyclic) bond motifs is 1. The van der Waals surface area contributed by atoms with Crippen LogP contribution in [0.15, 0.2) is 46.9 Å². The van der Waals surface area contributed by atoms with E-state index in [1.54, 1.807) is 4.90 Å². The molecule has 0 atom stereocenters. The van der Waals surface area contributed by atoms with Crippen LogP contribution in [-0.4, -0.2) is 48.6 Å². The van der Waals surface area contributed by atoms with Crippen molar-refractivity contribution in [3.05, 3.63) is 52.5 Å². The van der Waals surface area contributed by atoms with Gasteiger partial charge in [0.25, 0.3) is 5.91 Å². The second kappa shape index (κ2) is 10.2. The first-order chi connectivity index (χ1) is 14.0. The number of thiazole rings is 1. The lowest BCUT2D eigenvalue weighted by atomic mass is 10.2. The number of aromatic nitrogens is 1. The Morgan fingerprint density at radius 3 is 2.59 bits per heavy atom. The highest BCUT2D eigenvalue weighted by Gasteiger charge is 2.22. The van der Waals surface area contributed by atoms with Crippen LogP contribution in [0.25, 0.3) is 10.2 Å². The van der Waals surface area contributed by atoms with Crippen LogP contribution in [0.1, 0.15) is 31.1 Å². The molecular formula is C22H26BrN3O2S. The minimum Gasteiger partial charge on any atom is -0.494 e. The number of halogens is 1. The van der Waals surface area contributed by atoms with Crippen LogP contribution in [0.2, 0.25) is 0 Å². The molecule has 3 aromatic rings. The van der Waals surface area contributed by atoms with Gasteiger partial charge in [-0.3, -0.25) is 9.69 Å². The number of carbonyl (C=O) groups excluding carboxylic acids is 1. The molecule has 0 saturated heterocycles. The molecule has 1 amide bonds. The largest absolute Gasteiger partial charge is 0.494 e. The summed E-state index contributed by atoms with van der Waals surface area (Å²) in [5, 5.41) is 0.714. The van der Waals surface area contributed by atoms with Gasteiger partial charge in [0.2, 0.25) is 0 Å². The molecule has 1 heterocycles. The zero-order chi connectivity index (χ0) is 20.8. The maximum absolute atomic E-state index is 13.4. The maximum atomic E-state index is 13.4. The smallest absolute Gasteiger partial charge is 0.260 e. The summed E-state index contributed by atoms with van der Waals surface area (Å²) in [6.07, 6.45) is 0. The van der Waals surface area contributed by atoms with Crippen molar-refractivity contribution in [2.45, 2.75) is 20.8 Å². The normalized spacial score (nSPS) is 11.2. The lowest BCUT2D eigenvalue weighted by Crippen LogP contribution is -2.38. The quantitative estimate of drug-likeness (QED) is 0.412. The molecule has 0 fully saturated rings. The van der Waals surface area contributed by atoms with Crippen molar-refractivity contribution in [3.63, 3.8) is 0 Å². The van der Waals surface area contributed by atoms with Crippen LogP contribution in [0.4, 0.5) is 5.13 Å². The Morgan fingerprint density at radius 2 is 1.90 bits per heavy atom. The first-order valence-electron chi connectivity index (χ1n) is 9.88. The summed E-state index contributed by atoms with van der Waals surface area (Å²) in [5.74, 6) is 0.783. The number of benzene rings is 2. The number of hydrogen-bond acceptors (Lipinski definition) is 5. The van der Waals surface area contributed by atoms with E-state index in [1.807, 2.05) is 49.4 Å². The Bertz CT molecular complexity index is 972. The molecule has 0 radical (unpaired) electrons. The molecule has 0 spiro atoms. The van der Waals surface area contributed by atoms with E-state index in [0.717, 1.165) is 40.1 Å². The summed E-state index contributed by atoms with van der Waals surface area (Å²) in [6.45, 7) is 10.1. The second-order valence-electron chi connectivity index (χ2n) is 6.55. The third-order valence-electron chi connectivity index (χ3n) is 4.74. The highest BCUT2D eigenvalue weighted by molar-refractivity contribution is 9.10. The molecule has 0 aliphatic carbocycles. The number of rotatable bonds is 9. The van der Waals surface area contributed by atoms with E-state index in [-0.39, 0.29) is 5.91 Å². The molecule has 0 unspecified atom stereocenters. The van der Waals surface area contributed by atoms with Crippen molar-refractivity contribution >= 4 is 48.5 Å². The third-order valence-corrected chi connectivity index (χ3v) is 6.28.